The van der Waals surface area contributed by atoms with E-state index in [9.17, 15) is 22.0 Å². The van der Waals surface area contributed by atoms with Crippen LogP contribution in [0.1, 0.15) is 12.5 Å². The van der Waals surface area contributed by atoms with E-state index in [1.165, 1.54) is 13.0 Å². The van der Waals surface area contributed by atoms with E-state index in [0.717, 1.165) is 5.56 Å². The number of benzene rings is 2. The van der Waals surface area contributed by atoms with Gasteiger partial charge in [0, 0.05) is 0 Å². The number of hydrogen-bond acceptors (Lipinski definition) is 2. The highest BCUT2D eigenvalue weighted by Gasteiger charge is 2.25. The van der Waals surface area contributed by atoms with Gasteiger partial charge in [-0.1, -0.05) is 36.4 Å². The van der Waals surface area contributed by atoms with Gasteiger partial charge in [0.1, 0.15) is 5.69 Å². The summed E-state index contributed by atoms with van der Waals surface area (Å²) in [4.78, 5) is 0. The second kappa shape index (κ2) is 7.04. The largest absolute Gasteiger partial charge is 0.272 e. The molecule has 0 spiro atoms. The third-order valence-corrected chi connectivity index (χ3v) is 2.87. The molecule has 0 unspecified atom stereocenters. The fourth-order valence-corrected chi connectivity index (χ4v) is 1.67. The van der Waals surface area contributed by atoms with Gasteiger partial charge in [0.15, 0.2) is 23.3 Å². The van der Waals surface area contributed by atoms with Gasteiger partial charge >= 0.3 is 0 Å². The molecule has 0 aliphatic rings. The summed E-state index contributed by atoms with van der Waals surface area (Å²) >= 11 is 0. The van der Waals surface area contributed by atoms with Crippen molar-refractivity contribution in [2.75, 3.05) is 5.43 Å². The minimum absolute atomic E-state index is 0.276. The maximum absolute atomic E-state index is 13.4. The Balaban J connectivity index is 2.21. The molecule has 23 heavy (non-hydrogen) atoms. The third kappa shape index (κ3) is 3.74. The number of hydrogen-bond donors (Lipinski definition) is 1. The molecule has 0 bridgehead atoms. The molecule has 2 nitrogen and oxygen atoms in total. The Labute approximate surface area is 129 Å². The first-order valence-electron chi connectivity index (χ1n) is 6.46. The molecule has 0 atom stereocenters. The molecule has 2 aromatic carbocycles. The van der Waals surface area contributed by atoms with Crippen LogP contribution in [-0.2, 0) is 0 Å². The summed E-state index contributed by atoms with van der Waals surface area (Å²) in [6.45, 7) is 1.50. The van der Waals surface area contributed by atoms with E-state index in [2.05, 4.69) is 5.10 Å². The maximum Gasteiger partial charge on any atom is 0.200 e. The Kier molecular flexibility index (Phi) is 5.10. The Morgan fingerprint density at radius 2 is 1.39 bits per heavy atom. The molecule has 2 rings (SSSR count). The molecular formula is C16H11F5N2. The number of hydrazone groups is 1. The Bertz CT molecular complexity index is 741. The molecule has 0 fully saturated rings. The molecule has 0 amide bonds. The average Bonchev–Trinajstić information content (AvgIpc) is 2.57. The van der Waals surface area contributed by atoms with Gasteiger partial charge in [-0.2, -0.15) is 5.10 Å². The van der Waals surface area contributed by atoms with E-state index in [0.29, 0.717) is 0 Å². The fraction of sp³-hybridized carbons (Fsp3) is 0.0625. The zero-order valence-electron chi connectivity index (χ0n) is 11.9. The van der Waals surface area contributed by atoms with Gasteiger partial charge in [0.2, 0.25) is 5.82 Å². The van der Waals surface area contributed by atoms with E-state index in [1.54, 1.807) is 6.08 Å². The summed E-state index contributed by atoms with van der Waals surface area (Å²) in [5.74, 6) is -10.2. The molecule has 0 radical (unpaired) electrons. The highest BCUT2D eigenvalue weighted by Crippen LogP contribution is 2.27. The summed E-state index contributed by atoms with van der Waals surface area (Å²) in [6.07, 6.45) is 3.20. The first kappa shape index (κ1) is 16.7. The van der Waals surface area contributed by atoms with Gasteiger partial charge in [0.25, 0.3) is 0 Å². The Morgan fingerprint density at radius 3 is 1.96 bits per heavy atom. The molecule has 0 heterocycles. The van der Waals surface area contributed by atoms with E-state index >= 15 is 0 Å². The Morgan fingerprint density at radius 1 is 0.870 bits per heavy atom. The predicted molar refractivity (Wildman–Crippen MR) is 78.4 cm³/mol. The van der Waals surface area contributed by atoms with Crippen molar-refractivity contribution in [3.05, 3.63) is 71.1 Å². The van der Waals surface area contributed by atoms with Crippen LogP contribution in [0.3, 0.4) is 0 Å². The lowest BCUT2D eigenvalue weighted by Gasteiger charge is -2.07. The second-order valence-electron chi connectivity index (χ2n) is 4.55. The van der Waals surface area contributed by atoms with Crippen LogP contribution in [0, 0.1) is 29.1 Å². The van der Waals surface area contributed by atoms with Gasteiger partial charge in [-0.05, 0) is 18.6 Å². The minimum Gasteiger partial charge on any atom is -0.272 e. The van der Waals surface area contributed by atoms with Crippen LogP contribution in [0.25, 0.3) is 6.08 Å². The fourth-order valence-electron chi connectivity index (χ4n) is 1.67. The quantitative estimate of drug-likeness (QED) is 0.280. The van der Waals surface area contributed by atoms with Crippen LogP contribution < -0.4 is 5.43 Å². The highest BCUT2D eigenvalue weighted by molar-refractivity contribution is 5.96. The number of nitrogens with one attached hydrogen (secondary N) is 1. The lowest BCUT2D eigenvalue weighted by molar-refractivity contribution is 0.381. The third-order valence-electron chi connectivity index (χ3n) is 2.87. The van der Waals surface area contributed by atoms with Crippen molar-refractivity contribution in [2.24, 2.45) is 5.10 Å². The van der Waals surface area contributed by atoms with Gasteiger partial charge < -0.3 is 0 Å². The van der Waals surface area contributed by atoms with Crippen molar-refractivity contribution >= 4 is 17.5 Å². The van der Waals surface area contributed by atoms with Crippen molar-refractivity contribution in [1.29, 1.82) is 0 Å². The molecule has 0 aliphatic heterocycles. The topological polar surface area (TPSA) is 24.4 Å². The smallest absolute Gasteiger partial charge is 0.200 e. The molecule has 7 heteroatoms. The van der Waals surface area contributed by atoms with E-state index in [1.807, 2.05) is 35.8 Å². The molecule has 0 saturated heterocycles. The van der Waals surface area contributed by atoms with E-state index in [4.69, 9.17) is 0 Å². The van der Waals surface area contributed by atoms with Crippen LogP contribution in [0.4, 0.5) is 27.6 Å². The normalized spacial score (nSPS) is 12.0. The summed E-state index contributed by atoms with van der Waals surface area (Å²) in [6, 6.07) is 9.12. The summed E-state index contributed by atoms with van der Waals surface area (Å²) < 4.78 is 65.8. The van der Waals surface area contributed by atoms with Crippen LogP contribution in [-0.4, -0.2) is 5.71 Å². The van der Waals surface area contributed by atoms with Crippen molar-refractivity contribution in [1.82, 2.24) is 0 Å². The number of allylic oxidation sites excluding steroid dienone is 1. The lowest BCUT2D eigenvalue weighted by Crippen LogP contribution is -2.07. The predicted octanol–water partition coefficient (Wildman–Crippen LogP) is 4.88. The first-order chi connectivity index (χ1) is 10.9. The zero-order valence-corrected chi connectivity index (χ0v) is 11.9. The molecular weight excluding hydrogens is 315 g/mol. The monoisotopic (exact) mass is 326 g/mol. The summed E-state index contributed by atoms with van der Waals surface area (Å²) in [5.41, 5.74) is 1.80. The highest BCUT2D eigenvalue weighted by atomic mass is 19.2. The summed E-state index contributed by atoms with van der Waals surface area (Å²) in [5, 5.41) is 3.59. The van der Waals surface area contributed by atoms with Gasteiger partial charge in [0.05, 0.1) is 5.71 Å². The second-order valence-corrected chi connectivity index (χ2v) is 4.55. The van der Waals surface area contributed by atoms with Gasteiger partial charge in [-0.3, -0.25) is 5.43 Å². The molecule has 0 aliphatic carbocycles. The van der Waals surface area contributed by atoms with Crippen LogP contribution in [0.5, 0.6) is 0 Å². The van der Waals surface area contributed by atoms with Gasteiger partial charge in [-0.25, -0.2) is 22.0 Å². The van der Waals surface area contributed by atoms with E-state index < -0.39 is 34.8 Å². The van der Waals surface area contributed by atoms with Crippen LogP contribution >= 0.6 is 0 Å². The number of anilines is 1. The number of rotatable bonds is 4. The minimum atomic E-state index is -2.21. The van der Waals surface area contributed by atoms with Crippen molar-refractivity contribution in [3.8, 4) is 0 Å². The molecule has 2 aromatic rings. The zero-order chi connectivity index (χ0) is 17.0. The SMILES string of the molecule is CC(/C=C\c1ccccc1)=N/Nc1c(F)c(F)c(F)c(F)c1F. The van der Waals surface area contributed by atoms with Crippen LogP contribution in [0.15, 0.2) is 41.5 Å². The molecule has 0 aromatic heterocycles. The Hall–Kier alpha value is -2.70. The average molecular weight is 326 g/mol. The molecule has 1 N–H and O–H groups in total. The van der Waals surface area contributed by atoms with Gasteiger partial charge in [-0.15, -0.1) is 0 Å². The molecule has 0 saturated carbocycles. The van der Waals surface area contributed by atoms with Crippen LogP contribution in [0.2, 0.25) is 0 Å². The molecule has 120 valence electrons. The summed E-state index contributed by atoms with van der Waals surface area (Å²) in [7, 11) is 0. The number of nitrogens with zero attached hydrogens (tertiary/aromatic N) is 1. The lowest BCUT2D eigenvalue weighted by atomic mass is 10.2. The number of halogens is 5. The first-order valence-corrected chi connectivity index (χ1v) is 6.46. The maximum atomic E-state index is 13.4. The van der Waals surface area contributed by atoms with Crippen molar-refractivity contribution < 1.29 is 22.0 Å². The van der Waals surface area contributed by atoms with E-state index in [-0.39, 0.29) is 5.71 Å². The van der Waals surface area contributed by atoms with Crippen molar-refractivity contribution in [2.45, 2.75) is 6.92 Å². The standard InChI is InChI=1S/C16H11F5N2/c1-9(7-8-10-5-3-2-4-6-10)22-23-16-14(20)12(18)11(17)13(19)15(16)21/h2-8,23H,1H3/b8-7-,22-9-. The van der Waals surface area contributed by atoms with Crippen molar-refractivity contribution in [3.63, 3.8) is 0 Å².